The molecule has 0 aliphatic carbocycles. The SMILES string of the molecule is COc1ccc(CNCc2cc(Br)cc(OC)c2OC(C)C)cc1. The molecule has 0 atom stereocenters. The Morgan fingerprint density at radius 1 is 1.00 bits per heavy atom. The molecule has 2 aromatic rings. The van der Waals surface area contributed by atoms with E-state index < -0.39 is 0 Å². The quantitative estimate of drug-likeness (QED) is 0.714. The molecule has 0 aliphatic heterocycles. The van der Waals surface area contributed by atoms with Gasteiger partial charge >= 0.3 is 0 Å². The van der Waals surface area contributed by atoms with Gasteiger partial charge in [0.1, 0.15) is 5.75 Å². The van der Waals surface area contributed by atoms with Crippen molar-refractivity contribution in [3.05, 3.63) is 52.0 Å². The summed E-state index contributed by atoms with van der Waals surface area (Å²) in [6.45, 7) is 5.47. The van der Waals surface area contributed by atoms with E-state index in [-0.39, 0.29) is 6.10 Å². The summed E-state index contributed by atoms with van der Waals surface area (Å²) < 4.78 is 17.6. The molecule has 0 fully saturated rings. The van der Waals surface area contributed by atoms with E-state index in [0.29, 0.717) is 6.54 Å². The fourth-order valence-corrected chi connectivity index (χ4v) is 2.84. The van der Waals surface area contributed by atoms with Crippen molar-refractivity contribution >= 4 is 15.9 Å². The number of rotatable bonds is 8. The van der Waals surface area contributed by atoms with E-state index in [2.05, 4.69) is 39.4 Å². The van der Waals surface area contributed by atoms with Crippen LogP contribution in [0.15, 0.2) is 40.9 Å². The first-order chi connectivity index (χ1) is 11.5. The van der Waals surface area contributed by atoms with Crippen molar-refractivity contribution in [3.8, 4) is 17.2 Å². The van der Waals surface area contributed by atoms with Gasteiger partial charge in [0.05, 0.1) is 20.3 Å². The van der Waals surface area contributed by atoms with Crippen LogP contribution in [0.3, 0.4) is 0 Å². The van der Waals surface area contributed by atoms with Crippen LogP contribution in [0.2, 0.25) is 0 Å². The third-order valence-corrected chi connectivity index (χ3v) is 3.93. The molecule has 0 unspecified atom stereocenters. The molecule has 0 spiro atoms. The van der Waals surface area contributed by atoms with Crippen LogP contribution in [0.1, 0.15) is 25.0 Å². The number of methoxy groups -OCH3 is 2. The zero-order valence-corrected chi connectivity index (χ0v) is 16.1. The van der Waals surface area contributed by atoms with Gasteiger partial charge in [0, 0.05) is 23.1 Å². The predicted molar refractivity (Wildman–Crippen MR) is 100.0 cm³/mol. The Hall–Kier alpha value is -1.72. The number of benzene rings is 2. The minimum absolute atomic E-state index is 0.0837. The Balaban J connectivity index is 2.08. The van der Waals surface area contributed by atoms with Crippen molar-refractivity contribution in [3.63, 3.8) is 0 Å². The van der Waals surface area contributed by atoms with Gasteiger partial charge in [-0.05, 0) is 43.7 Å². The van der Waals surface area contributed by atoms with Gasteiger partial charge in [-0.3, -0.25) is 0 Å². The Labute approximate surface area is 152 Å². The minimum atomic E-state index is 0.0837. The van der Waals surface area contributed by atoms with E-state index in [1.165, 1.54) is 5.56 Å². The second kappa shape index (κ2) is 8.94. The van der Waals surface area contributed by atoms with Crippen LogP contribution >= 0.6 is 15.9 Å². The highest BCUT2D eigenvalue weighted by Crippen LogP contribution is 2.35. The van der Waals surface area contributed by atoms with Gasteiger partial charge < -0.3 is 19.5 Å². The van der Waals surface area contributed by atoms with Crippen LogP contribution in [0.4, 0.5) is 0 Å². The molecule has 0 aromatic heterocycles. The monoisotopic (exact) mass is 393 g/mol. The first-order valence-electron chi connectivity index (χ1n) is 7.90. The van der Waals surface area contributed by atoms with E-state index in [1.807, 2.05) is 32.0 Å². The standard InChI is InChI=1S/C19H24BrNO3/c1-13(2)24-19-15(9-16(20)10-18(19)23-4)12-21-11-14-5-7-17(22-3)8-6-14/h5-10,13,21H,11-12H2,1-4H3. The molecule has 0 saturated heterocycles. The van der Waals surface area contributed by atoms with Gasteiger partial charge in [-0.2, -0.15) is 0 Å². The zero-order chi connectivity index (χ0) is 17.5. The fourth-order valence-electron chi connectivity index (χ4n) is 2.36. The third kappa shape index (κ3) is 5.14. The van der Waals surface area contributed by atoms with Crippen LogP contribution in [-0.2, 0) is 13.1 Å². The summed E-state index contributed by atoms with van der Waals surface area (Å²) in [5.41, 5.74) is 2.26. The summed E-state index contributed by atoms with van der Waals surface area (Å²) in [6, 6.07) is 12.0. The maximum Gasteiger partial charge on any atom is 0.166 e. The summed E-state index contributed by atoms with van der Waals surface area (Å²) in [7, 11) is 3.33. The Bertz CT molecular complexity index is 656. The lowest BCUT2D eigenvalue weighted by atomic mass is 10.1. The maximum absolute atomic E-state index is 5.95. The number of hydrogen-bond donors (Lipinski definition) is 1. The van der Waals surface area contributed by atoms with Crippen LogP contribution in [0.5, 0.6) is 17.2 Å². The lowest BCUT2D eigenvalue weighted by Gasteiger charge is -2.18. The average molecular weight is 394 g/mol. The highest BCUT2D eigenvalue weighted by atomic mass is 79.9. The second-order valence-corrected chi connectivity index (χ2v) is 6.63. The van der Waals surface area contributed by atoms with Crippen LogP contribution in [0, 0.1) is 0 Å². The molecule has 5 heteroatoms. The Kier molecular flexibility index (Phi) is 6.94. The third-order valence-electron chi connectivity index (χ3n) is 3.47. The number of halogens is 1. The van der Waals surface area contributed by atoms with E-state index in [4.69, 9.17) is 14.2 Å². The number of nitrogens with one attached hydrogen (secondary N) is 1. The molecule has 130 valence electrons. The number of hydrogen-bond acceptors (Lipinski definition) is 4. The Morgan fingerprint density at radius 2 is 1.71 bits per heavy atom. The molecule has 2 rings (SSSR count). The molecule has 0 bridgehead atoms. The van der Waals surface area contributed by atoms with Crippen LogP contribution < -0.4 is 19.5 Å². The van der Waals surface area contributed by atoms with Crippen molar-refractivity contribution < 1.29 is 14.2 Å². The predicted octanol–water partition coefficient (Wildman–Crippen LogP) is 4.54. The highest BCUT2D eigenvalue weighted by molar-refractivity contribution is 9.10. The summed E-state index contributed by atoms with van der Waals surface area (Å²) in [5, 5.41) is 3.45. The molecule has 0 saturated carbocycles. The largest absolute Gasteiger partial charge is 0.497 e. The summed E-state index contributed by atoms with van der Waals surface area (Å²) in [4.78, 5) is 0. The first kappa shape index (κ1) is 18.6. The van der Waals surface area contributed by atoms with Crippen LogP contribution in [0.25, 0.3) is 0 Å². The summed E-state index contributed by atoms with van der Waals surface area (Å²) in [6.07, 6.45) is 0.0837. The molecule has 0 radical (unpaired) electrons. The van der Waals surface area contributed by atoms with Gasteiger partial charge in [-0.25, -0.2) is 0 Å². The molecule has 0 amide bonds. The molecule has 0 heterocycles. The topological polar surface area (TPSA) is 39.7 Å². The summed E-state index contributed by atoms with van der Waals surface area (Å²) >= 11 is 3.53. The van der Waals surface area contributed by atoms with Gasteiger partial charge in [-0.1, -0.05) is 28.1 Å². The van der Waals surface area contributed by atoms with Gasteiger partial charge in [-0.15, -0.1) is 0 Å². The van der Waals surface area contributed by atoms with Crippen molar-refractivity contribution in [2.45, 2.75) is 33.0 Å². The molecule has 2 aromatic carbocycles. The van der Waals surface area contributed by atoms with Crippen molar-refractivity contribution in [1.82, 2.24) is 5.32 Å². The van der Waals surface area contributed by atoms with E-state index in [1.54, 1.807) is 14.2 Å². The van der Waals surface area contributed by atoms with E-state index in [9.17, 15) is 0 Å². The second-order valence-electron chi connectivity index (χ2n) is 5.71. The van der Waals surface area contributed by atoms with E-state index in [0.717, 1.165) is 33.8 Å². The molecule has 4 nitrogen and oxygen atoms in total. The maximum atomic E-state index is 5.95. The van der Waals surface area contributed by atoms with E-state index >= 15 is 0 Å². The molecule has 1 N–H and O–H groups in total. The van der Waals surface area contributed by atoms with Crippen molar-refractivity contribution in [2.75, 3.05) is 14.2 Å². The van der Waals surface area contributed by atoms with Gasteiger partial charge in [0.15, 0.2) is 11.5 Å². The zero-order valence-electron chi connectivity index (χ0n) is 14.6. The number of ether oxygens (including phenoxy) is 3. The lowest BCUT2D eigenvalue weighted by molar-refractivity contribution is 0.227. The molecule has 24 heavy (non-hydrogen) atoms. The minimum Gasteiger partial charge on any atom is -0.497 e. The summed E-state index contributed by atoms with van der Waals surface area (Å²) in [5.74, 6) is 2.39. The van der Waals surface area contributed by atoms with Gasteiger partial charge in [0.2, 0.25) is 0 Å². The molecular formula is C19H24BrNO3. The smallest absolute Gasteiger partial charge is 0.166 e. The van der Waals surface area contributed by atoms with Crippen molar-refractivity contribution in [2.24, 2.45) is 0 Å². The van der Waals surface area contributed by atoms with Crippen LogP contribution in [-0.4, -0.2) is 20.3 Å². The molecular weight excluding hydrogens is 370 g/mol. The lowest BCUT2D eigenvalue weighted by Crippen LogP contribution is -2.15. The normalized spacial score (nSPS) is 10.8. The van der Waals surface area contributed by atoms with Gasteiger partial charge in [0.25, 0.3) is 0 Å². The van der Waals surface area contributed by atoms with Crippen molar-refractivity contribution in [1.29, 1.82) is 0 Å². The first-order valence-corrected chi connectivity index (χ1v) is 8.69. The highest BCUT2D eigenvalue weighted by Gasteiger charge is 2.14. The Morgan fingerprint density at radius 3 is 2.29 bits per heavy atom. The molecule has 0 aliphatic rings. The average Bonchev–Trinajstić information content (AvgIpc) is 2.57. The fraction of sp³-hybridized carbons (Fsp3) is 0.368.